The van der Waals surface area contributed by atoms with Crippen molar-refractivity contribution in [3.63, 3.8) is 0 Å². The minimum absolute atomic E-state index is 0.985. The maximum absolute atomic E-state index is 4.49. The number of hydrogen-bond donors (Lipinski definition) is 1. The highest BCUT2D eigenvalue weighted by Crippen LogP contribution is 2.17. The number of hydrogen-bond acceptors (Lipinski definition) is 2. The number of rotatable bonds is 1. The Balaban J connectivity index is 2.47. The SMILES string of the molecule is CCc1nn(C)c2c1CCNC2. The molecule has 12 heavy (non-hydrogen) atoms. The standard InChI is InChI=1S/C9H15N3/c1-3-8-7-4-5-10-6-9(7)12(2)11-8/h10H,3-6H2,1-2H3. The van der Waals surface area contributed by atoms with Crippen molar-refractivity contribution in [1.82, 2.24) is 15.1 Å². The number of fused-ring (bicyclic) bond motifs is 1. The van der Waals surface area contributed by atoms with Gasteiger partial charge in [0.05, 0.1) is 11.4 Å². The first-order valence-corrected chi connectivity index (χ1v) is 4.57. The zero-order chi connectivity index (χ0) is 8.55. The third-order valence-electron chi connectivity index (χ3n) is 2.54. The van der Waals surface area contributed by atoms with Crippen LogP contribution < -0.4 is 5.32 Å². The lowest BCUT2D eigenvalue weighted by molar-refractivity contribution is 0.593. The fraction of sp³-hybridized carbons (Fsp3) is 0.667. The van der Waals surface area contributed by atoms with Crippen LogP contribution in [-0.2, 0) is 26.4 Å². The summed E-state index contributed by atoms with van der Waals surface area (Å²) in [7, 11) is 2.03. The van der Waals surface area contributed by atoms with Crippen LogP contribution >= 0.6 is 0 Å². The molecule has 2 heterocycles. The van der Waals surface area contributed by atoms with Crippen LogP contribution in [0.4, 0.5) is 0 Å². The van der Waals surface area contributed by atoms with E-state index in [1.165, 1.54) is 17.0 Å². The van der Waals surface area contributed by atoms with Crippen molar-refractivity contribution in [3.05, 3.63) is 17.0 Å². The van der Waals surface area contributed by atoms with Crippen molar-refractivity contribution in [1.29, 1.82) is 0 Å². The lowest BCUT2D eigenvalue weighted by Gasteiger charge is -2.13. The van der Waals surface area contributed by atoms with Crippen molar-refractivity contribution < 1.29 is 0 Å². The van der Waals surface area contributed by atoms with Gasteiger partial charge in [0, 0.05) is 13.6 Å². The van der Waals surface area contributed by atoms with E-state index in [4.69, 9.17) is 0 Å². The quantitative estimate of drug-likeness (QED) is 0.661. The molecule has 1 aromatic heterocycles. The minimum Gasteiger partial charge on any atom is -0.311 e. The molecule has 0 atom stereocenters. The fourth-order valence-corrected chi connectivity index (χ4v) is 1.88. The van der Waals surface area contributed by atoms with Gasteiger partial charge in [-0.2, -0.15) is 5.10 Å². The van der Waals surface area contributed by atoms with E-state index in [1.807, 2.05) is 11.7 Å². The summed E-state index contributed by atoms with van der Waals surface area (Å²) in [6.45, 7) is 4.26. The maximum atomic E-state index is 4.49. The van der Waals surface area contributed by atoms with Gasteiger partial charge in [-0.3, -0.25) is 4.68 Å². The monoisotopic (exact) mass is 165 g/mol. The summed E-state index contributed by atoms with van der Waals surface area (Å²) in [6, 6.07) is 0. The summed E-state index contributed by atoms with van der Waals surface area (Å²) in [5.41, 5.74) is 4.14. The molecule has 3 heteroatoms. The third kappa shape index (κ3) is 1.05. The number of aromatic nitrogens is 2. The first-order valence-electron chi connectivity index (χ1n) is 4.57. The molecule has 3 nitrogen and oxygen atoms in total. The highest BCUT2D eigenvalue weighted by atomic mass is 15.3. The molecule has 0 spiro atoms. The van der Waals surface area contributed by atoms with Crippen LogP contribution in [0.3, 0.4) is 0 Å². The zero-order valence-electron chi connectivity index (χ0n) is 7.72. The molecule has 0 saturated heterocycles. The lowest BCUT2D eigenvalue weighted by Crippen LogP contribution is -2.24. The average molecular weight is 165 g/mol. The molecule has 1 aromatic rings. The highest BCUT2D eigenvalue weighted by molar-refractivity contribution is 5.28. The topological polar surface area (TPSA) is 29.9 Å². The van der Waals surface area contributed by atoms with Crippen molar-refractivity contribution in [2.75, 3.05) is 6.54 Å². The van der Waals surface area contributed by atoms with E-state index < -0.39 is 0 Å². The van der Waals surface area contributed by atoms with E-state index in [2.05, 4.69) is 17.3 Å². The van der Waals surface area contributed by atoms with Crippen molar-refractivity contribution in [3.8, 4) is 0 Å². The summed E-state index contributed by atoms with van der Waals surface area (Å²) in [5, 5.41) is 7.85. The molecule has 1 aliphatic rings. The predicted octanol–water partition coefficient (Wildman–Crippen LogP) is 0.628. The van der Waals surface area contributed by atoms with Crippen LogP contribution in [0.1, 0.15) is 23.9 Å². The van der Waals surface area contributed by atoms with E-state index >= 15 is 0 Å². The Kier molecular flexibility index (Phi) is 1.89. The molecule has 0 fully saturated rings. The van der Waals surface area contributed by atoms with E-state index in [9.17, 15) is 0 Å². The van der Waals surface area contributed by atoms with Gasteiger partial charge in [0.25, 0.3) is 0 Å². The molecule has 1 N–H and O–H groups in total. The molecule has 0 bridgehead atoms. The molecular weight excluding hydrogens is 150 g/mol. The van der Waals surface area contributed by atoms with E-state index in [0.29, 0.717) is 0 Å². The van der Waals surface area contributed by atoms with Crippen molar-refractivity contribution >= 4 is 0 Å². The van der Waals surface area contributed by atoms with Crippen LogP contribution in [0.2, 0.25) is 0 Å². The molecule has 0 radical (unpaired) electrons. The largest absolute Gasteiger partial charge is 0.311 e. The zero-order valence-corrected chi connectivity index (χ0v) is 7.72. The molecule has 0 unspecified atom stereocenters. The molecule has 0 aromatic carbocycles. The van der Waals surface area contributed by atoms with Gasteiger partial charge in [-0.1, -0.05) is 6.92 Å². The highest BCUT2D eigenvalue weighted by Gasteiger charge is 2.16. The molecule has 0 saturated carbocycles. The second kappa shape index (κ2) is 2.90. The van der Waals surface area contributed by atoms with Gasteiger partial charge in [0.2, 0.25) is 0 Å². The Morgan fingerprint density at radius 3 is 3.17 bits per heavy atom. The maximum Gasteiger partial charge on any atom is 0.0657 e. The van der Waals surface area contributed by atoms with E-state index in [1.54, 1.807) is 0 Å². The summed E-state index contributed by atoms with van der Waals surface area (Å²) in [6.07, 6.45) is 2.20. The van der Waals surface area contributed by atoms with Crippen LogP contribution in [-0.4, -0.2) is 16.3 Å². The Morgan fingerprint density at radius 2 is 2.42 bits per heavy atom. The second-order valence-corrected chi connectivity index (χ2v) is 3.28. The first kappa shape index (κ1) is 7.80. The molecule has 66 valence electrons. The van der Waals surface area contributed by atoms with E-state index in [0.717, 1.165) is 25.9 Å². The predicted molar refractivity (Wildman–Crippen MR) is 48.0 cm³/mol. The van der Waals surface area contributed by atoms with Gasteiger partial charge < -0.3 is 5.32 Å². The Hall–Kier alpha value is -0.830. The number of nitrogens with zero attached hydrogens (tertiary/aromatic N) is 2. The molecule has 2 rings (SSSR count). The smallest absolute Gasteiger partial charge is 0.0657 e. The molecule has 0 aliphatic carbocycles. The Labute approximate surface area is 72.8 Å². The van der Waals surface area contributed by atoms with Gasteiger partial charge in [0.1, 0.15) is 0 Å². The fourth-order valence-electron chi connectivity index (χ4n) is 1.88. The average Bonchev–Trinajstić information content (AvgIpc) is 2.44. The van der Waals surface area contributed by atoms with Gasteiger partial charge in [0.15, 0.2) is 0 Å². The lowest BCUT2D eigenvalue weighted by atomic mass is 10.0. The summed E-state index contributed by atoms with van der Waals surface area (Å²) < 4.78 is 2.01. The van der Waals surface area contributed by atoms with Crippen molar-refractivity contribution in [2.24, 2.45) is 7.05 Å². The first-order chi connectivity index (χ1) is 5.83. The molecular formula is C9H15N3. The Bertz CT molecular complexity index is 288. The van der Waals surface area contributed by atoms with Gasteiger partial charge >= 0.3 is 0 Å². The van der Waals surface area contributed by atoms with Gasteiger partial charge in [-0.25, -0.2) is 0 Å². The normalized spacial score (nSPS) is 16.2. The van der Waals surface area contributed by atoms with E-state index in [-0.39, 0.29) is 0 Å². The summed E-state index contributed by atoms with van der Waals surface area (Å²) in [4.78, 5) is 0. The molecule has 1 aliphatic heterocycles. The number of aryl methyl sites for hydroxylation is 2. The van der Waals surface area contributed by atoms with Gasteiger partial charge in [-0.15, -0.1) is 0 Å². The molecule has 0 amide bonds. The van der Waals surface area contributed by atoms with Crippen LogP contribution in [0.5, 0.6) is 0 Å². The Morgan fingerprint density at radius 1 is 1.58 bits per heavy atom. The van der Waals surface area contributed by atoms with Crippen LogP contribution in [0.15, 0.2) is 0 Å². The second-order valence-electron chi connectivity index (χ2n) is 3.28. The number of nitrogens with one attached hydrogen (secondary N) is 1. The van der Waals surface area contributed by atoms with Gasteiger partial charge in [-0.05, 0) is 24.9 Å². The summed E-state index contributed by atoms with van der Waals surface area (Å²) in [5.74, 6) is 0. The summed E-state index contributed by atoms with van der Waals surface area (Å²) >= 11 is 0. The minimum atomic E-state index is 0.985. The van der Waals surface area contributed by atoms with Crippen molar-refractivity contribution in [2.45, 2.75) is 26.3 Å². The third-order valence-corrected chi connectivity index (χ3v) is 2.54. The van der Waals surface area contributed by atoms with Crippen LogP contribution in [0, 0.1) is 0 Å². The van der Waals surface area contributed by atoms with Crippen LogP contribution in [0.25, 0.3) is 0 Å².